The zero-order chi connectivity index (χ0) is 15.4. The zero-order valence-electron chi connectivity index (χ0n) is 11.1. The van der Waals surface area contributed by atoms with Gasteiger partial charge in [0.25, 0.3) is 10.1 Å². The van der Waals surface area contributed by atoms with Gasteiger partial charge in [0.15, 0.2) is 5.37 Å². The monoisotopic (exact) mass is 290 g/mol. The second kappa shape index (κ2) is 5.98. The molecule has 0 aromatic carbocycles. The Bertz CT molecular complexity index is 507. The molecule has 0 fully saturated rings. The van der Waals surface area contributed by atoms with Crippen molar-refractivity contribution < 1.29 is 22.6 Å². The van der Waals surface area contributed by atoms with Crippen LogP contribution in [0.1, 0.15) is 20.8 Å². The van der Waals surface area contributed by atoms with Gasteiger partial charge < -0.3 is 10.6 Å². The molecule has 19 heavy (non-hydrogen) atoms. The summed E-state index contributed by atoms with van der Waals surface area (Å²) in [6, 6.07) is 0. The third-order valence-corrected chi connectivity index (χ3v) is 3.54. The number of hydrogen-bond acceptors (Lipinski definition) is 4. The van der Waals surface area contributed by atoms with Gasteiger partial charge in [-0.3, -0.25) is 14.1 Å². The molecule has 1 unspecified atom stereocenters. The molecule has 2 amide bonds. The van der Waals surface area contributed by atoms with Crippen molar-refractivity contribution in [2.24, 2.45) is 0 Å². The molecule has 0 aliphatic rings. The van der Waals surface area contributed by atoms with Gasteiger partial charge in [0.2, 0.25) is 11.8 Å². The second-order valence-corrected chi connectivity index (χ2v) is 6.07. The van der Waals surface area contributed by atoms with Crippen molar-refractivity contribution in [2.75, 3.05) is 0 Å². The maximum Gasteiger partial charge on any atom is 0.288 e. The molecule has 0 aromatic rings. The minimum absolute atomic E-state index is 0.0690. The fourth-order valence-electron chi connectivity index (χ4n) is 1.30. The van der Waals surface area contributed by atoms with Gasteiger partial charge in [-0.15, -0.1) is 0 Å². The summed E-state index contributed by atoms with van der Waals surface area (Å²) in [5.74, 6) is -1.38. The van der Waals surface area contributed by atoms with Crippen LogP contribution < -0.4 is 10.6 Å². The van der Waals surface area contributed by atoms with Crippen LogP contribution in [0.5, 0.6) is 0 Å². The summed E-state index contributed by atoms with van der Waals surface area (Å²) < 4.78 is 31.9. The van der Waals surface area contributed by atoms with Gasteiger partial charge in [0.1, 0.15) is 0 Å². The van der Waals surface area contributed by atoms with E-state index in [0.29, 0.717) is 0 Å². The Hall–Kier alpha value is -1.67. The minimum atomic E-state index is -4.63. The molecule has 108 valence electrons. The predicted molar refractivity (Wildman–Crippen MR) is 70.7 cm³/mol. The molecule has 0 rings (SSSR count). The summed E-state index contributed by atoms with van der Waals surface area (Å²) in [6.45, 7) is 10.6. The van der Waals surface area contributed by atoms with Crippen molar-refractivity contribution in [3.05, 3.63) is 24.8 Å². The highest BCUT2D eigenvalue weighted by Gasteiger charge is 2.40. The Kier molecular flexibility index (Phi) is 5.46. The molecule has 0 aliphatic carbocycles. The summed E-state index contributed by atoms with van der Waals surface area (Å²) in [5, 5.41) is 2.70. The summed E-state index contributed by atoms with van der Waals surface area (Å²) in [6.07, 6.45) is 0.948. The number of carbonyl (C=O) groups excluding carboxylic acids is 2. The van der Waals surface area contributed by atoms with Crippen LogP contribution in [0.4, 0.5) is 0 Å². The van der Waals surface area contributed by atoms with E-state index < -0.39 is 32.8 Å². The van der Waals surface area contributed by atoms with E-state index in [1.54, 1.807) is 0 Å². The van der Waals surface area contributed by atoms with Gasteiger partial charge in [-0.1, -0.05) is 13.2 Å². The average Bonchev–Trinajstić information content (AvgIpc) is 2.22. The van der Waals surface area contributed by atoms with Gasteiger partial charge in [-0.25, -0.2) is 0 Å². The van der Waals surface area contributed by atoms with Crippen LogP contribution in [0.3, 0.4) is 0 Å². The maximum atomic E-state index is 11.5. The van der Waals surface area contributed by atoms with E-state index >= 15 is 0 Å². The fraction of sp³-hybridized carbons (Fsp3) is 0.455. The lowest BCUT2D eigenvalue weighted by atomic mass is 10.0. The van der Waals surface area contributed by atoms with E-state index in [1.165, 1.54) is 20.8 Å². The van der Waals surface area contributed by atoms with Gasteiger partial charge in [0.05, 0.1) is 5.54 Å². The molecule has 0 spiro atoms. The Morgan fingerprint density at radius 3 is 2.16 bits per heavy atom. The Morgan fingerprint density at radius 2 is 1.84 bits per heavy atom. The SMILES string of the molecule is C=CC(=O)NC(C)(C)C(NC(=O)C(=C)C)S(=O)(=O)O. The molecule has 1 atom stereocenters. The number of amides is 2. The molecular weight excluding hydrogens is 272 g/mol. The molecule has 7 nitrogen and oxygen atoms in total. The fourth-order valence-corrected chi connectivity index (χ4v) is 2.36. The number of nitrogens with one attached hydrogen (secondary N) is 2. The summed E-state index contributed by atoms with van der Waals surface area (Å²) >= 11 is 0. The van der Waals surface area contributed by atoms with Crippen LogP contribution in [-0.4, -0.2) is 35.7 Å². The number of rotatable bonds is 6. The van der Waals surface area contributed by atoms with E-state index in [9.17, 15) is 22.6 Å². The highest BCUT2D eigenvalue weighted by Crippen LogP contribution is 2.15. The Morgan fingerprint density at radius 1 is 1.37 bits per heavy atom. The van der Waals surface area contributed by atoms with Gasteiger partial charge in [-0.05, 0) is 26.8 Å². The molecule has 0 saturated carbocycles. The molecular formula is C11H18N2O5S. The first-order chi connectivity index (χ1) is 8.41. The van der Waals surface area contributed by atoms with Crippen molar-refractivity contribution in [2.45, 2.75) is 31.7 Å². The third kappa shape index (κ3) is 5.23. The smallest absolute Gasteiger partial charge is 0.288 e. The van der Waals surface area contributed by atoms with Crippen molar-refractivity contribution in [3.8, 4) is 0 Å². The van der Waals surface area contributed by atoms with E-state index in [2.05, 4.69) is 23.8 Å². The lowest BCUT2D eigenvalue weighted by Crippen LogP contribution is -2.61. The van der Waals surface area contributed by atoms with Crippen LogP contribution >= 0.6 is 0 Å². The highest BCUT2D eigenvalue weighted by atomic mass is 32.2. The quantitative estimate of drug-likeness (QED) is 0.470. The lowest BCUT2D eigenvalue weighted by molar-refractivity contribution is -0.120. The first-order valence-corrected chi connectivity index (χ1v) is 6.79. The molecule has 0 aromatic heterocycles. The van der Waals surface area contributed by atoms with Crippen molar-refractivity contribution in [1.82, 2.24) is 10.6 Å². The van der Waals surface area contributed by atoms with Gasteiger partial charge in [0, 0.05) is 5.57 Å². The Labute approximate surface area is 112 Å². The maximum absolute atomic E-state index is 11.5. The normalized spacial score (nSPS) is 13.3. The molecule has 8 heteroatoms. The Balaban J connectivity index is 5.38. The topological polar surface area (TPSA) is 113 Å². The van der Waals surface area contributed by atoms with E-state index in [4.69, 9.17) is 0 Å². The van der Waals surface area contributed by atoms with Crippen LogP contribution in [0.25, 0.3) is 0 Å². The first kappa shape index (κ1) is 17.3. The van der Waals surface area contributed by atoms with Gasteiger partial charge >= 0.3 is 0 Å². The molecule has 0 heterocycles. The van der Waals surface area contributed by atoms with E-state index in [-0.39, 0.29) is 5.57 Å². The second-order valence-electron chi connectivity index (χ2n) is 4.56. The third-order valence-electron chi connectivity index (χ3n) is 2.23. The van der Waals surface area contributed by atoms with Crippen LogP contribution in [0.15, 0.2) is 24.8 Å². The molecule has 0 saturated heterocycles. The minimum Gasteiger partial charge on any atom is -0.344 e. The predicted octanol–water partition coefficient (Wildman–Crippen LogP) is -0.0266. The zero-order valence-corrected chi connectivity index (χ0v) is 11.9. The molecule has 0 bridgehead atoms. The lowest BCUT2D eigenvalue weighted by Gasteiger charge is -2.33. The van der Waals surface area contributed by atoms with Crippen LogP contribution in [0, 0.1) is 0 Å². The van der Waals surface area contributed by atoms with Gasteiger partial charge in [-0.2, -0.15) is 8.42 Å². The number of carbonyl (C=O) groups is 2. The van der Waals surface area contributed by atoms with Crippen LogP contribution in [-0.2, 0) is 19.7 Å². The van der Waals surface area contributed by atoms with E-state index in [1.807, 2.05) is 0 Å². The van der Waals surface area contributed by atoms with Crippen molar-refractivity contribution >= 4 is 21.9 Å². The molecule has 0 aliphatic heterocycles. The van der Waals surface area contributed by atoms with Crippen molar-refractivity contribution in [1.29, 1.82) is 0 Å². The number of hydrogen-bond donors (Lipinski definition) is 3. The summed E-state index contributed by atoms with van der Waals surface area (Å²) in [4.78, 5) is 22.7. The average molecular weight is 290 g/mol. The summed E-state index contributed by atoms with van der Waals surface area (Å²) in [5.41, 5.74) is -1.37. The van der Waals surface area contributed by atoms with Crippen LogP contribution in [0.2, 0.25) is 0 Å². The van der Waals surface area contributed by atoms with Crippen molar-refractivity contribution in [3.63, 3.8) is 0 Å². The summed E-state index contributed by atoms with van der Waals surface area (Å²) in [7, 11) is -4.63. The molecule has 0 radical (unpaired) electrons. The highest BCUT2D eigenvalue weighted by molar-refractivity contribution is 7.86. The molecule has 3 N–H and O–H groups in total. The van der Waals surface area contributed by atoms with E-state index in [0.717, 1.165) is 6.08 Å². The first-order valence-electron chi connectivity index (χ1n) is 5.29. The largest absolute Gasteiger partial charge is 0.344 e. The standard InChI is InChI=1S/C11H18N2O5S/c1-6-8(14)13-11(4,5)10(19(16,17)18)12-9(15)7(2)3/h6,10H,1-2H2,3-5H3,(H,12,15)(H,13,14)(H,16,17,18).